The number of H-pyrrole nitrogens is 1. The molecule has 0 atom stereocenters. The Morgan fingerprint density at radius 2 is 1.93 bits per heavy atom. The van der Waals surface area contributed by atoms with E-state index in [0.717, 1.165) is 33.4 Å². The average molecular weight is 362 g/mol. The van der Waals surface area contributed by atoms with Crippen molar-refractivity contribution in [3.8, 4) is 11.3 Å². The van der Waals surface area contributed by atoms with E-state index in [9.17, 15) is 4.79 Å². The third kappa shape index (κ3) is 4.00. The van der Waals surface area contributed by atoms with Gasteiger partial charge in [-0.05, 0) is 49.1 Å². The number of aromatic nitrogens is 1. The second-order valence-electron chi connectivity index (χ2n) is 7.26. The highest BCUT2D eigenvalue weighted by Crippen LogP contribution is 2.32. The Hall–Kier alpha value is -2.75. The Bertz CT molecular complexity index is 924. The second kappa shape index (κ2) is 7.87. The minimum absolute atomic E-state index is 0.178. The van der Waals surface area contributed by atoms with Crippen molar-refractivity contribution in [3.05, 3.63) is 54.1 Å². The Kier molecular flexibility index (Phi) is 5.14. The summed E-state index contributed by atoms with van der Waals surface area (Å²) in [5.41, 5.74) is 5.43. The summed E-state index contributed by atoms with van der Waals surface area (Å²) in [4.78, 5) is 15.6. The van der Waals surface area contributed by atoms with Crippen molar-refractivity contribution >= 4 is 22.6 Å². The molecule has 0 radical (unpaired) electrons. The monoisotopic (exact) mass is 362 g/mol. The SMILES string of the molecule is CCOC(=O)Cc1cc(NC2CCCC2)c2[nH]c(-c3ccccc3)cc2c1. The summed E-state index contributed by atoms with van der Waals surface area (Å²) in [6, 6.07) is 17.2. The van der Waals surface area contributed by atoms with E-state index in [1.165, 1.54) is 25.7 Å². The number of carbonyl (C=O) groups excluding carboxylic acids is 1. The maximum Gasteiger partial charge on any atom is 0.310 e. The van der Waals surface area contributed by atoms with Crippen LogP contribution in [0, 0.1) is 0 Å². The van der Waals surface area contributed by atoms with Crippen LogP contribution < -0.4 is 5.32 Å². The van der Waals surface area contributed by atoms with E-state index < -0.39 is 0 Å². The van der Waals surface area contributed by atoms with E-state index in [0.29, 0.717) is 19.1 Å². The molecule has 0 aliphatic heterocycles. The number of nitrogens with one attached hydrogen (secondary N) is 2. The zero-order valence-electron chi connectivity index (χ0n) is 15.8. The van der Waals surface area contributed by atoms with Gasteiger partial charge < -0.3 is 15.0 Å². The van der Waals surface area contributed by atoms with Crippen molar-refractivity contribution in [2.45, 2.75) is 45.1 Å². The fourth-order valence-corrected chi connectivity index (χ4v) is 3.96. The molecule has 1 aliphatic carbocycles. The van der Waals surface area contributed by atoms with Gasteiger partial charge in [0.05, 0.1) is 24.2 Å². The maximum atomic E-state index is 12.0. The Balaban J connectivity index is 1.73. The van der Waals surface area contributed by atoms with Gasteiger partial charge in [0.25, 0.3) is 0 Å². The normalized spacial score (nSPS) is 14.6. The largest absolute Gasteiger partial charge is 0.466 e. The average Bonchev–Trinajstić information content (AvgIpc) is 3.32. The number of aromatic amines is 1. The smallest absolute Gasteiger partial charge is 0.310 e. The van der Waals surface area contributed by atoms with Crippen LogP contribution in [0.1, 0.15) is 38.2 Å². The predicted octanol–water partition coefficient (Wildman–Crippen LogP) is 5.30. The summed E-state index contributed by atoms with van der Waals surface area (Å²) in [6.45, 7) is 2.25. The highest BCUT2D eigenvalue weighted by molar-refractivity contribution is 5.96. The van der Waals surface area contributed by atoms with Gasteiger partial charge in [-0.25, -0.2) is 0 Å². The van der Waals surface area contributed by atoms with Crippen LogP contribution in [0.3, 0.4) is 0 Å². The zero-order chi connectivity index (χ0) is 18.6. The molecule has 27 heavy (non-hydrogen) atoms. The lowest BCUT2D eigenvalue weighted by Crippen LogP contribution is -2.15. The number of anilines is 1. The van der Waals surface area contributed by atoms with Crippen molar-refractivity contribution in [2.75, 3.05) is 11.9 Å². The summed E-state index contributed by atoms with van der Waals surface area (Å²) in [7, 11) is 0. The van der Waals surface area contributed by atoms with Gasteiger partial charge in [0.2, 0.25) is 0 Å². The van der Waals surface area contributed by atoms with Crippen LogP contribution in [0.5, 0.6) is 0 Å². The molecule has 2 aromatic carbocycles. The molecule has 0 amide bonds. The Labute approximate surface area is 159 Å². The summed E-state index contributed by atoms with van der Waals surface area (Å²) >= 11 is 0. The van der Waals surface area contributed by atoms with Crippen LogP contribution >= 0.6 is 0 Å². The van der Waals surface area contributed by atoms with E-state index in [4.69, 9.17) is 4.74 Å². The fraction of sp³-hybridized carbons (Fsp3) is 0.348. The van der Waals surface area contributed by atoms with Gasteiger partial charge in [0.15, 0.2) is 0 Å². The molecule has 0 bridgehead atoms. The van der Waals surface area contributed by atoms with E-state index >= 15 is 0 Å². The molecule has 1 heterocycles. The number of rotatable bonds is 6. The zero-order valence-corrected chi connectivity index (χ0v) is 15.8. The number of ether oxygens (including phenoxy) is 1. The molecule has 1 fully saturated rings. The summed E-state index contributed by atoms with van der Waals surface area (Å²) in [5, 5.41) is 4.83. The van der Waals surface area contributed by atoms with E-state index in [2.05, 4.69) is 40.6 Å². The molecule has 2 N–H and O–H groups in total. The number of hydrogen-bond acceptors (Lipinski definition) is 3. The maximum absolute atomic E-state index is 12.0. The molecule has 0 unspecified atom stereocenters. The molecule has 1 aliphatic rings. The number of esters is 1. The summed E-state index contributed by atoms with van der Waals surface area (Å²) < 4.78 is 5.14. The fourth-order valence-electron chi connectivity index (χ4n) is 3.96. The van der Waals surface area contributed by atoms with Gasteiger partial charge in [0, 0.05) is 17.1 Å². The van der Waals surface area contributed by atoms with Crippen molar-refractivity contribution in [1.82, 2.24) is 4.98 Å². The number of carbonyl (C=O) groups is 1. The lowest BCUT2D eigenvalue weighted by atomic mass is 10.1. The highest BCUT2D eigenvalue weighted by atomic mass is 16.5. The van der Waals surface area contributed by atoms with Crippen LogP contribution in [-0.2, 0) is 16.0 Å². The van der Waals surface area contributed by atoms with Crippen molar-refractivity contribution in [1.29, 1.82) is 0 Å². The van der Waals surface area contributed by atoms with Gasteiger partial charge in [-0.15, -0.1) is 0 Å². The third-order valence-corrected chi connectivity index (χ3v) is 5.24. The van der Waals surface area contributed by atoms with Gasteiger partial charge in [-0.2, -0.15) is 0 Å². The van der Waals surface area contributed by atoms with Crippen LogP contribution in [0.15, 0.2) is 48.5 Å². The first-order chi connectivity index (χ1) is 13.2. The Morgan fingerprint density at radius 3 is 2.67 bits per heavy atom. The molecule has 3 aromatic rings. The molecule has 140 valence electrons. The lowest BCUT2D eigenvalue weighted by molar-refractivity contribution is -0.142. The van der Waals surface area contributed by atoms with Crippen molar-refractivity contribution in [2.24, 2.45) is 0 Å². The third-order valence-electron chi connectivity index (χ3n) is 5.24. The van der Waals surface area contributed by atoms with Crippen LogP contribution in [0.25, 0.3) is 22.2 Å². The number of fused-ring (bicyclic) bond motifs is 1. The topological polar surface area (TPSA) is 54.1 Å². The first-order valence-electron chi connectivity index (χ1n) is 9.86. The highest BCUT2D eigenvalue weighted by Gasteiger charge is 2.18. The predicted molar refractivity (Wildman–Crippen MR) is 110 cm³/mol. The summed E-state index contributed by atoms with van der Waals surface area (Å²) in [6.07, 6.45) is 5.27. The van der Waals surface area contributed by atoms with Crippen LogP contribution in [0.4, 0.5) is 5.69 Å². The second-order valence-corrected chi connectivity index (χ2v) is 7.26. The van der Waals surface area contributed by atoms with E-state index in [1.807, 2.05) is 25.1 Å². The molecule has 1 saturated carbocycles. The van der Waals surface area contributed by atoms with Gasteiger partial charge in [-0.3, -0.25) is 4.79 Å². The number of benzene rings is 2. The molecule has 1 aromatic heterocycles. The quantitative estimate of drug-likeness (QED) is 0.585. The lowest BCUT2D eigenvalue weighted by Gasteiger charge is -2.16. The number of hydrogen-bond donors (Lipinski definition) is 2. The molecule has 4 rings (SSSR count). The first-order valence-corrected chi connectivity index (χ1v) is 9.86. The van der Waals surface area contributed by atoms with Crippen LogP contribution in [0.2, 0.25) is 0 Å². The Morgan fingerprint density at radius 1 is 1.15 bits per heavy atom. The van der Waals surface area contributed by atoms with E-state index in [1.54, 1.807) is 0 Å². The molecule has 0 spiro atoms. The van der Waals surface area contributed by atoms with Crippen molar-refractivity contribution < 1.29 is 9.53 Å². The van der Waals surface area contributed by atoms with Gasteiger partial charge >= 0.3 is 5.97 Å². The molecule has 0 saturated heterocycles. The minimum atomic E-state index is -0.178. The standard InChI is InChI=1S/C23H26N2O2/c1-2-27-22(26)14-16-12-18-15-20(17-8-4-3-5-9-17)25-23(18)21(13-16)24-19-10-6-7-11-19/h3-5,8-9,12-13,15,19,24-25H,2,6-7,10-11,14H2,1H3. The molecular weight excluding hydrogens is 336 g/mol. The van der Waals surface area contributed by atoms with Gasteiger partial charge in [0.1, 0.15) is 0 Å². The van der Waals surface area contributed by atoms with E-state index in [-0.39, 0.29) is 5.97 Å². The van der Waals surface area contributed by atoms with Gasteiger partial charge in [-0.1, -0.05) is 43.2 Å². The summed E-state index contributed by atoms with van der Waals surface area (Å²) in [5.74, 6) is -0.178. The van der Waals surface area contributed by atoms with Crippen LogP contribution in [-0.4, -0.2) is 23.6 Å². The molecular formula is C23H26N2O2. The van der Waals surface area contributed by atoms with Crippen molar-refractivity contribution in [3.63, 3.8) is 0 Å². The minimum Gasteiger partial charge on any atom is -0.466 e. The molecule has 4 heteroatoms. The molecule has 4 nitrogen and oxygen atoms in total. The first kappa shape index (κ1) is 17.7.